The van der Waals surface area contributed by atoms with Crippen LogP contribution in [0.25, 0.3) is 21.8 Å². The van der Waals surface area contributed by atoms with Crippen molar-refractivity contribution in [2.24, 2.45) is 0 Å². The van der Waals surface area contributed by atoms with E-state index in [0.29, 0.717) is 12.1 Å². The fourth-order valence-corrected chi connectivity index (χ4v) is 2.77. The first-order valence-electron chi connectivity index (χ1n) is 7.49. The number of ether oxygens (including phenoxy) is 1. The summed E-state index contributed by atoms with van der Waals surface area (Å²) in [6.07, 6.45) is 1.70. The highest BCUT2D eigenvalue weighted by Gasteiger charge is 2.20. The van der Waals surface area contributed by atoms with E-state index < -0.39 is 11.5 Å². The fourth-order valence-electron chi connectivity index (χ4n) is 2.77. The minimum absolute atomic E-state index is 0.0333. The molecule has 0 aliphatic rings. The molecule has 0 spiro atoms. The predicted molar refractivity (Wildman–Crippen MR) is 90.1 cm³/mol. The zero-order valence-electron chi connectivity index (χ0n) is 13.4. The van der Waals surface area contributed by atoms with Crippen molar-refractivity contribution >= 4 is 33.7 Å². The van der Waals surface area contributed by atoms with Gasteiger partial charge in [-0.3, -0.25) is 9.59 Å². The van der Waals surface area contributed by atoms with Crippen LogP contribution in [-0.4, -0.2) is 35.1 Å². The Morgan fingerprint density at radius 2 is 2.00 bits per heavy atom. The van der Waals surface area contributed by atoms with Crippen LogP contribution in [0.4, 0.5) is 0 Å². The number of para-hydroxylation sites is 1. The van der Waals surface area contributed by atoms with Gasteiger partial charge < -0.3 is 19.6 Å². The lowest BCUT2D eigenvalue weighted by molar-refractivity contribution is -0.118. The predicted octanol–water partition coefficient (Wildman–Crippen LogP) is 1.41. The minimum Gasteiger partial charge on any atom is -0.465 e. The molecule has 0 aliphatic carbocycles. The monoisotopic (exact) mass is 327 g/mol. The van der Waals surface area contributed by atoms with Gasteiger partial charge in [0.1, 0.15) is 5.56 Å². The molecule has 0 radical (unpaired) electrons. The van der Waals surface area contributed by atoms with Crippen molar-refractivity contribution in [3.63, 3.8) is 0 Å². The quantitative estimate of drug-likeness (QED) is 0.709. The number of fused-ring (bicyclic) bond motifs is 3. The summed E-state index contributed by atoms with van der Waals surface area (Å²) in [7, 11) is 1.24. The number of hydrogen-bond donors (Lipinski definition) is 2. The third kappa shape index (κ3) is 2.64. The van der Waals surface area contributed by atoms with Crippen LogP contribution in [0.1, 0.15) is 17.3 Å². The van der Waals surface area contributed by atoms with Gasteiger partial charge in [0.05, 0.1) is 12.6 Å². The summed E-state index contributed by atoms with van der Waals surface area (Å²) in [5.74, 6) is -0.866. The van der Waals surface area contributed by atoms with E-state index in [-0.39, 0.29) is 18.0 Å². The van der Waals surface area contributed by atoms with E-state index in [1.54, 1.807) is 6.20 Å². The molecule has 3 aromatic rings. The van der Waals surface area contributed by atoms with Crippen molar-refractivity contribution in [3.05, 3.63) is 46.4 Å². The van der Waals surface area contributed by atoms with Crippen molar-refractivity contribution < 1.29 is 14.3 Å². The molecule has 0 atom stereocenters. The average molecular weight is 327 g/mol. The molecule has 3 rings (SSSR count). The molecule has 124 valence electrons. The maximum atomic E-state index is 12.7. The van der Waals surface area contributed by atoms with Crippen molar-refractivity contribution in [2.45, 2.75) is 13.5 Å². The first-order valence-corrected chi connectivity index (χ1v) is 7.49. The lowest BCUT2D eigenvalue weighted by Gasteiger charge is -2.09. The summed E-state index contributed by atoms with van der Waals surface area (Å²) in [5, 5.41) is 4.31. The number of esters is 1. The van der Waals surface area contributed by atoms with Crippen molar-refractivity contribution in [1.29, 1.82) is 0 Å². The Labute approximate surface area is 137 Å². The molecule has 0 aliphatic heterocycles. The van der Waals surface area contributed by atoms with E-state index in [1.165, 1.54) is 18.6 Å². The molecule has 0 bridgehead atoms. The SMILES string of the molecule is COC(=O)c1c(=O)n(CCNC(C)=O)cc2c1[nH]c1ccccc12. The van der Waals surface area contributed by atoms with E-state index in [4.69, 9.17) is 4.74 Å². The van der Waals surface area contributed by atoms with Crippen LogP contribution >= 0.6 is 0 Å². The summed E-state index contributed by atoms with van der Waals surface area (Å²) in [6.45, 7) is 1.97. The molecular formula is C17H17N3O4. The molecule has 0 saturated carbocycles. The van der Waals surface area contributed by atoms with Gasteiger partial charge in [-0.25, -0.2) is 4.79 Å². The van der Waals surface area contributed by atoms with Gasteiger partial charge in [-0.2, -0.15) is 0 Å². The molecule has 2 heterocycles. The van der Waals surface area contributed by atoms with E-state index in [2.05, 4.69) is 10.3 Å². The number of H-pyrrole nitrogens is 1. The van der Waals surface area contributed by atoms with Gasteiger partial charge in [0, 0.05) is 42.5 Å². The summed E-state index contributed by atoms with van der Waals surface area (Å²) >= 11 is 0. The minimum atomic E-state index is -0.689. The highest BCUT2D eigenvalue weighted by atomic mass is 16.5. The number of pyridine rings is 1. The maximum Gasteiger partial charge on any atom is 0.345 e. The molecule has 24 heavy (non-hydrogen) atoms. The van der Waals surface area contributed by atoms with Gasteiger partial charge in [-0.1, -0.05) is 18.2 Å². The first-order chi connectivity index (χ1) is 11.5. The number of carbonyl (C=O) groups excluding carboxylic acids is 2. The molecule has 0 fully saturated rings. The van der Waals surface area contributed by atoms with Gasteiger partial charge in [0.2, 0.25) is 5.91 Å². The summed E-state index contributed by atoms with van der Waals surface area (Å²) in [5.41, 5.74) is 0.806. The second-order valence-electron chi connectivity index (χ2n) is 5.44. The molecule has 2 N–H and O–H groups in total. The summed E-state index contributed by atoms with van der Waals surface area (Å²) in [4.78, 5) is 38.9. The normalized spacial score (nSPS) is 10.9. The number of hydrogen-bond acceptors (Lipinski definition) is 4. The molecule has 0 unspecified atom stereocenters. The number of carbonyl (C=O) groups is 2. The number of rotatable bonds is 4. The van der Waals surface area contributed by atoms with E-state index in [0.717, 1.165) is 16.3 Å². The van der Waals surface area contributed by atoms with Gasteiger partial charge in [0.15, 0.2) is 0 Å². The van der Waals surface area contributed by atoms with Crippen molar-refractivity contribution in [1.82, 2.24) is 14.9 Å². The topological polar surface area (TPSA) is 93.2 Å². The molecule has 7 nitrogen and oxygen atoms in total. The van der Waals surface area contributed by atoms with Gasteiger partial charge in [-0.15, -0.1) is 0 Å². The van der Waals surface area contributed by atoms with Crippen molar-refractivity contribution in [2.75, 3.05) is 13.7 Å². The zero-order chi connectivity index (χ0) is 17.3. The van der Waals surface area contributed by atoms with Crippen LogP contribution in [-0.2, 0) is 16.1 Å². The molecule has 1 aromatic carbocycles. The van der Waals surface area contributed by atoms with Crippen LogP contribution in [0.2, 0.25) is 0 Å². The highest BCUT2D eigenvalue weighted by molar-refractivity contribution is 6.13. The lowest BCUT2D eigenvalue weighted by atomic mass is 10.1. The summed E-state index contributed by atoms with van der Waals surface area (Å²) in [6, 6.07) is 7.55. The van der Waals surface area contributed by atoms with Crippen molar-refractivity contribution in [3.8, 4) is 0 Å². The summed E-state index contributed by atoms with van der Waals surface area (Å²) < 4.78 is 6.20. The number of benzene rings is 1. The Morgan fingerprint density at radius 1 is 1.25 bits per heavy atom. The molecular weight excluding hydrogens is 310 g/mol. The molecule has 7 heteroatoms. The number of methoxy groups -OCH3 is 1. The molecule has 2 aromatic heterocycles. The number of amides is 1. The molecule has 0 saturated heterocycles. The van der Waals surface area contributed by atoms with Gasteiger partial charge in [-0.05, 0) is 6.07 Å². The zero-order valence-corrected chi connectivity index (χ0v) is 13.4. The van der Waals surface area contributed by atoms with Crippen LogP contribution in [0.5, 0.6) is 0 Å². The lowest BCUT2D eigenvalue weighted by Crippen LogP contribution is -2.32. The third-order valence-corrected chi connectivity index (χ3v) is 3.87. The number of aromatic amines is 1. The highest BCUT2D eigenvalue weighted by Crippen LogP contribution is 2.26. The smallest absolute Gasteiger partial charge is 0.345 e. The number of nitrogens with zero attached hydrogens (tertiary/aromatic N) is 1. The number of nitrogens with one attached hydrogen (secondary N) is 2. The number of aromatic nitrogens is 2. The Kier molecular flexibility index (Phi) is 4.07. The largest absolute Gasteiger partial charge is 0.465 e. The van der Waals surface area contributed by atoms with Crippen LogP contribution in [0.3, 0.4) is 0 Å². The fraction of sp³-hybridized carbons (Fsp3) is 0.235. The Bertz CT molecular complexity index is 1000. The van der Waals surface area contributed by atoms with Crippen LogP contribution < -0.4 is 10.9 Å². The Morgan fingerprint density at radius 3 is 2.71 bits per heavy atom. The van der Waals surface area contributed by atoms with E-state index in [1.807, 2.05) is 24.3 Å². The van der Waals surface area contributed by atoms with Gasteiger partial charge >= 0.3 is 5.97 Å². The first kappa shape index (κ1) is 15.8. The second kappa shape index (κ2) is 6.19. The maximum absolute atomic E-state index is 12.7. The molecule has 1 amide bonds. The third-order valence-electron chi connectivity index (χ3n) is 3.87. The van der Waals surface area contributed by atoms with Crippen LogP contribution in [0, 0.1) is 0 Å². The Balaban J connectivity index is 2.23. The second-order valence-corrected chi connectivity index (χ2v) is 5.44. The van der Waals surface area contributed by atoms with E-state index in [9.17, 15) is 14.4 Å². The Hall–Kier alpha value is -3.09. The van der Waals surface area contributed by atoms with Gasteiger partial charge in [0.25, 0.3) is 5.56 Å². The average Bonchev–Trinajstić information content (AvgIpc) is 2.92. The van der Waals surface area contributed by atoms with E-state index >= 15 is 0 Å². The standard InChI is InChI=1S/C17H17N3O4/c1-10(21)18-7-8-20-9-12-11-5-3-4-6-13(11)19-15(12)14(16(20)22)17(23)24-2/h3-6,9,19H,7-8H2,1-2H3,(H,18,21). The van der Waals surface area contributed by atoms with Crippen LogP contribution in [0.15, 0.2) is 35.3 Å².